The molecule has 0 amide bonds. The number of carboxylic acid groups (broad SMARTS) is 1. The molecule has 0 aromatic heterocycles. The average Bonchev–Trinajstić information content (AvgIpc) is 3.19. The van der Waals surface area contributed by atoms with Crippen molar-refractivity contribution < 1.29 is 23.8 Å². The number of aliphatic carboxylic acids is 1. The van der Waals surface area contributed by atoms with Crippen molar-refractivity contribution in [3.8, 4) is 11.5 Å². The van der Waals surface area contributed by atoms with Crippen LogP contribution in [0.4, 0.5) is 4.39 Å². The van der Waals surface area contributed by atoms with Crippen molar-refractivity contribution in [1.82, 2.24) is 4.90 Å². The van der Waals surface area contributed by atoms with E-state index in [1.165, 1.54) is 11.6 Å². The Morgan fingerprint density at radius 3 is 2.52 bits per heavy atom. The Bertz CT molecular complexity index is 1610. The maximum atomic E-state index is 14.4. The first-order chi connectivity index (χ1) is 20.3. The summed E-state index contributed by atoms with van der Waals surface area (Å²) in [5, 5.41) is 11.0. The number of hydrogen-bond donors (Lipinski definition) is 1. The Morgan fingerprint density at radius 2 is 1.76 bits per heavy atom. The predicted molar refractivity (Wildman–Crippen MR) is 161 cm³/mol. The monoisotopic (exact) mass is 605 g/mol. The summed E-state index contributed by atoms with van der Waals surface area (Å²) in [6.45, 7) is 1.64. The fourth-order valence-electron chi connectivity index (χ4n) is 5.87. The van der Waals surface area contributed by atoms with Gasteiger partial charge in [-0.25, -0.2) is 4.39 Å². The van der Waals surface area contributed by atoms with Crippen molar-refractivity contribution in [3.05, 3.63) is 128 Å². The van der Waals surface area contributed by atoms with Crippen molar-refractivity contribution >= 4 is 29.2 Å². The number of rotatable bonds is 7. The van der Waals surface area contributed by atoms with Crippen LogP contribution >= 0.6 is 23.2 Å². The third kappa shape index (κ3) is 6.26. The number of fused-ring (bicyclic) bond motifs is 2. The highest BCUT2D eigenvalue weighted by molar-refractivity contribution is 6.42. The van der Waals surface area contributed by atoms with Gasteiger partial charge in [-0.3, -0.25) is 9.69 Å². The van der Waals surface area contributed by atoms with Crippen LogP contribution in [-0.4, -0.2) is 28.6 Å². The van der Waals surface area contributed by atoms with Crippen molar-refractivity contribution in [2.45, 2.75) is 50.9 Å². The van der Waals surface area contributed by atoms with Gasteiger partial charge in [0.05, 0.1) is 16.7 Å². The normalized spacial score (nSPS) is 18.4. The Kier molecular flexibility index (Phi) is 8.38. The minimum Gasteiger partial charge on any atom is -0.493 e. The van der Waals surface area contributed by atoms with Crippen LogP contribution in [0, 0.1) is 5.82 Å². The molecule has 8 heteroatoms. The maximum Gasteiger partial charge on any atom is 0.321 e. The van der Waals surface area contributed by atoms with Gasteiger partial charge in [0.25, 0.3) is 0 Å². The van der Waals surface area contributed by atoms with Crippen LogP contribution < -0.4 is 9.47 Å². The van der Waals surface area contributed by atoms with E-state index in [1.54, 1.807) is 30.3 Å². The van der Waals surface area contributed by atoms with Crippen LogP contribution in [0.1, 0.15) is 45.7 Å². The molecule has 2 aliphatic heterocycles. The number of ether oxygens (including phenoxy) is 2. The molecule has 0 saturated heterocycles. The minimum atomic E-state index is -0.905. The van der Waals surface area contributed by atoms with Crippen molar-refractivity contribution in [2.24, 2.45) is 0 Å². The lowest BCUT2D eigenvalue weighted by molar-refractivity contribution is -0.144. The number of hydrogen-bond acceptors (Lipinski definition) is 4. The zero-order valence-electron chi connectivity index (χ0n) is 22.9. The first kappa shape index (κ1) is 28.5. The van der Waals surface area contributed by atoms with E-state index in [9.17, 15) is 14.3 Å². The van der Waals surface area contributed by atoms with Crippen LogP contribution in [0.25, 0.3) is 0 Å². The quantitative estimate of drug-likeness (QED) is 0.232. The van der Waals surface area contributed by atoms with E-state index in [1.807, 2.05) is 29.2 Å². The molecular weight excluding hydrogens is 576 g/mol. The van der Waals surface area contributed by atoms with Gasteiger partial charge in [0, 0.05) is 18.7 Å². The van der Waals surface area contributed by atoms with E-state index >= 15 is 0 Å². The second kappa shape index (κ2) is 12.3. The molecule has 4 aromatic carbocycles. The Hall–Kier alpha value is -3.58. The number of nitrogens with zero attached hydrogens (tertiary/aromatic N) is 1. The third-order valence-electron chi connectivity index (χ3n) is 8.16. The Labute approximate surface area is 254 Å². The van der Waals surface area contributed by atoms with E-state index in [4.69, 9.17) is 32.7 Å². The highest BCUT2D eigenvalue weighted by atomic mass is 35.5. The fraction of sp³-hybridized carbons (Fsp3) is 0.265. The molecule has 2 heterocycles. The number of carbonyl (C=O) groups is 1. The first-order valence-corrected chi connectivity index (χ1v) is 14.7. The van der Waals surface area contributed by atoms with Gasteiger partial charge in [0.15, 0.2) is 0 Å². The number of halogens is 3. The summed E-state index contributed by atoms with van der Waals surface area (Å²) >= 11 is 12.1. The van der Waals surface area contributed by atoms with Crippen molar-refractivity contribution in [2.75, 3.05) is 6.61 Å². The van der Waals surface area contributed by atoms with Crippen LogP contribution in [-0.2, 0) is 37.3 Å². The van der Waals surface area contributed by atoms with E-state index in [0.29, 0.717) is 41.8 Å². The second-order valence-electron chi connectivity index (χ2n) is 10.9. The van der Waals surface area contributed by atoms with Crippen molar-refractivity contribution in [3.63, 3.8) is 0 Å². The zero-order valence-corrected chi connectivity index (χ0v) is 24.4. The molecule has 0 radical (unpaired) electrons. The van der Waals surface area contributed by atoms with Crippen LogP contribution in [0.3, 0.4) is 0 Å². The molecule has 2 atom stereocenters. The van der Waals surface area contributed by atoms with Gasteiger partial charge in [-0.2, -0.15) is 0 Å². The summed E-state index contributed by atoms with van der Waals surface area (Å²) in [5.41, 5.74) is 5.80. The lowest BCUT2D eigenvalue weighted by Crippen LogP contribution is -2.45. The molecule has 5 nitrogen and oxygen atoms in total. The van der Waals surface area contributed by atoms with Gasteiger partial charge >= 0.3 is 5.97 Å². The summed E-state index contributed by atoms with van der Waals surface area (Å²) in [4.78, 5) is 14.0. The van der Waals surface area contributed by atoms with Gasteiger partial charge in [0.1, 0.15) is 30.0 Å². The van der Waals surface area contributed by atoms with Crippen molar-refractivity contribution in [1.29, 1.82) is 0 Å². The van der Waals surface area contributed by atoms with Crippen LogP contribution in [0.5, 0.6) is 11.5 Å². The molecular formula is C34H30Cl2FNO4. The molecule has 0 spiro atoms. The van der Waals surface area contributed by atoms with Gasteiger partial charge in [0.2, 0.25) is 0 Å². The van der Waals surface area contributed by atoms with E-state index < -0.39 is 12.0 Å². The molecule has 0 saturated carbocycles. The molecule has 1 unspecified atom stereocenters. The molecule has 2 aliphatic rings. The van der Waals surface area contributed by atoms with E-state index in [-0.39, 0.29) is 18.3 Å². The Morgan fingerprint density at radius 1 is 0.952 bits per heavy atom. The minimum absolute atomic E-state index is 0.235. The van der Waals surface area contributed by atoms with Gasteiger partial charge in [-0.15, -0.1) is 0 Å². The lowest BCUT2D eigenvalue weighted by Gasteiger charge is -2.35. The zero-order chi connectivity index (χ0) is 29.2. The topological polar surface area (TPSA) is 59.0 Å². The summed E-state index contributed by atoms with van der Waals surface area (Å²) in [6, 6.07) is 23.6. The standard InChI is InChI=1S/C34H30Cl2FNO4/c35-29-10-5-21(13-30(29)36)20-42-28-8-6-22(7-9-28)23-11-12-41-33-17-25-16-32(34(39)40)38(19-27(25)15-26(33)14-23)18-24-3-1-2-4-31(24)37/h1-10,13,15,17,23,32H,11-12,14,16,18-20H2,(H,39,40)/t23?,32-/m0/s1. The highest BCUT2D eigenvalue weighted by Crippen LogP contribution is 2.37. The molecule has 6 rings (SSSR count). The summed E-state index contributed by atoms with van der Waals surface area (Å²) in [6.07, 6.45) is 2.02. The molecule has 216 valence electrons. The smallest absolute Gasteiger partial charge is 0.321 e. The SMILES string of the molecule is O=C(O)[C@@H]1Cc2cc3c(cc2CN1Cc1ccccc1F)CC(c1ccc(OCc2ccc(Cl)c(Cl)c2)cc1)CCO3. The first-order valence-electron chi connectivity index (χ1n) is 14.0. The summed E-state index contributed by atoms with van der Waals surface area (Å²) in [5.74, 6) is 0.628. The molecule has 42 heavy (non-hydrogen) atoms. The third-order valence-corrected chi connectivity index (χ3v) is 8.90. The molecule has 4 aromatic rings. The molecule has 0 fully saturated rings. The van der Waals surface area contributed by atoms with Gasteiger partial charge in [-0.1, -0.05) is 65.7 Å². The maximum absolute atomic E-state index is 14.4. The molecule has 1 N–H and O–H groups in total. The lowest BCUT2D eigenvalue weighted by atomic mass is 9.86. The fourth-order valence-corrected chi connectivity index (χ4v) is 6.19. The van der Waals surface area contributed by atoms with E-state index in [0.717, 1.165) is 46.6 Å². The number of carboxylic acids is 1. The van der Waals surface area contributed by atoms with Crippen LogP contribution in [0.2, 0.25) is 10.0 Å². The average molecular weight is 607 g/mol. The Balaban J connectivity index is 1.17. The number of benzene rings is 4. The predicted octanol–water partition coefficient (Wildman–Crippen LogP) is 7.83. The van der Waals surface area contributed by atoms with Crippen LogP contribution in [0.15, 0.2) is 78.9 Å². The van der Waals surface area contributed by atoms with E-state index in [2.05, 4.69) is 18.2 Å². The van der Waals surface area contributed by atoms with Gasteiger partial charge < -0.3 is 14.6 Å². The second-order valence-corrected chi connectivity index (χ2v) is 11.7. The summed E-state index contributed by atoms with van der Waals surface area (Å²) in [7, 11) is 0. The van der Waals surface area contributed by atoms with Gasteiger partial charge in [-0.05, 0) is 89.4 Å². The summed E-state index contributed by atoms with van der Waals surface area (Å²) < 4.78 is 26.5. The molecule has 0 bridgehead atoms. The highest BCUT2D eigenvalue weighted by Gasteiger charge is 2.33. The largest absolute Gasteiger partial charge is 0.493 e. The molecule has 0 aliphatic carbocycles.